The van der Waals surface area contributed by atoms with Gasteiger partial charge in [0.1, 0.15) is 0 Å². The highest BCUT2D eigenvalue weighted by molar-refractivity contribution is 7.07. The quantitative estimate of drug-likeness (QED) is 0.579. The highest BCUT2D eigenvalue weighted by atomic mass is 32.1. The number of carbonyl (C=O) groups excluding carboxylic acids is 1. The van der Waals surface area contributed by atoms with Gasteiger partial charge in [-0.05, 0) is 65.0 Å². The highest BCUT2D eigenvalue weighted by Gasteiger charge is 2.23. The molecule has 1 fully saturated rings. The molecule has 0 bridgehead atoms. The molecule has 2 aromatic carbocycles. The first-order valence-electron chi connectivity index (χ1n) is 10.5. The fourth-order valence-corrected chi connectivity index (χ4v) is 4.76. The fourth-order valence-electron chi connectivity index (χ4n) is 4.06. The second-order valence-electron chi connectivity index (χ2n) is 7.71. The molecule has 0 aliphatic carbocycles. The Labute approximate surface area is 177 Å². The molecule has 1 N–H and O–H groups in total. The van der Waals surface area contributed by atoms with Gasteiger partial charge >= 0.3 is 0 Å². The van der Waals surface area contributed by atoms with Crippen molar-refractivity contribution in [1.82, 2.24) is 10.2 Å². The summed E-state index contributed by atoms with van der Waals surface area (Å²) in [6.07, 6.45) is 4.24. The van der Waals surface area contributed by atoms with Crippen LogP contribution in [-0.4, -0.2) is 30.4 Å². The van der Waals surface area contributed by atoms with Crippen molar-refractivity contribution in [1.29, 1.82) is 0 Å². The molecule has 0 spiro atoms. The minimum Gasteiger partial charge on any atom is -0.354 e. The average Bonchev–Trinajstić information content (AvgIpc) is 3.30. The van der Waals surface area contributed by atoms with Gasteiger partial charge in [-0.1, -0.05) is 61.0 Å². The summed E-state index contributed by atoms with van der Waals surface area (Å²) >= 11 is 1.73. The van der Waals surface area contributed by atoms with Crippen LogP contribution in [0.3, 0.4) is 0 Å². The molecule has 1 atom stereocenters. The summed E-state index contributed by atoms with van der Waals surface area (Å²) in [5.41, 5.74) is 4.75. The van der Waals surface area contributed by atoms with Gasteiger partial charge in [-0.15, -0.1) is 0 Å². The number of benzene rings is 2. The number of nitrogens with one attached hydrogen (secondary N) is 1. The Balaban J connectivity index is 1.34. The minimum absolute atomic E-state index is 0.0923. The van der Waals surface area contributed by atoms with Crippen LogP contribution in [0.25, 0.3) is 11.1 Å². The number of amides is 1. The van der Waals surface area contributed by atoms with Gasteiger partial charge in [-0.3, -0.25) is 9.69 Å². The Morgan fingerprint density at radius 2 is 1.66 bits per heavy atom. The molecule has 4 heteroatoms. The zero-order valence-corrected chi connectivity index (χ0v) is 17.5. The minimum atomic E-state index is 0.0923. The monoisotopic (exact) mass is 404 g/mol. The van der Waals surface area contributed by atoms with E-state index in [9.17, 15) is 4.79 Å². The number of nitrogens with zero attached hydrogens (tertiary/aromatic N) is 1. The maximum atomic E-state index is 12.6. The summed E-state index contributed by atoms with van der Waals surface area (Å²) in [6, 6.07) is 21.1. The van der Waals surface area contributed by atoms with Crippen LogP contribution in [0.5, 0.6) is 0 Å². The third-order valence-electron chi connectivity index (χ3n) is 5.68. The normalized spacial score (nSPS) is 15.7. The SMILES string of the molecule is O=C(Cc1ccc(-c2ccccc2)cc1)NCC(c1ccsc1)N1CCCCC1. The Hall–Kier alpha value is -2.43. The number of piperidine rings is 1. The summed E-state index contributed by atoms with van der Waals surface area (Å²) in [4.78, 5) is 15.1. The van der Waals surface area contributed by atoms with Crippen molar-refractivity contribution in [3.63, 3.8) is 0 Å². The third kappa shape index (κ3) is 5.34. The van der Waals surface area contributed by atoms with Gasteiger partial charge < -0.3 is 5.32 Å². The average molecular weight is 405 g/mol. The molecule has 1 unspecified atom stereocenters. The van der Waals surface area contributed by atoms with Crippen molar-refractivity contribution in [3.05, 3.63) is 82.6 Å². The van der Waals surface area contributed by atoms with Crippen LogP contribution in [0, 0.1) is 0 Å². The molecule has 3 aromatic rings. The standard InChI is InChI=1S/C25H28N2OS/c28-25(17-20-9-11-22(12-10-20)21-7-3-1-4-8-21)26-18-24(23-13-16-29-19-23)27-14-5-2-6-15-27/h1,3-4,7-13,16,19,24H,2,5-6,14-15,17-18H2,(H,26,28). The maximum Gasteiger partial charge on any atom is 0.224 e. The van der Waals surface area contributed by atoms with E-state index in [1.165, 1.54) is 36.0 Å². The summed E-state index contributed by atoms with van der Waals surface area (Å²) in [5.74, 6) is 0.0923. The van der Waals surface area contributed by atoms with E-state index < -0.39 is 0 Å². The lowest BCUT2D eigenvalue weighted by atomic mass is 10.0. The molecule has 1 aliphatic heterocycles. The molecule has 150 valence electrons. The predicted octanol–water partition coefficient (Wildman–Crippen LogP) is 5.30. The van der Waals surface area contributed by atoms with Crippen LogP contribution in [0.15, 0.2) is 71.4 Å². The smallest absolute Gasteiger partial charge is 0.224 e. The van der Waals surface area contributed by atoms with Gasteiger partial charge in [-0.2, -0.15) is 11.3 Å². The summed E-state index contributed by atoms with van der Waals surface area (Å²) in [6.45, 7) is 2.92. The number of hydrogen-bond donors (Lipinski definition) is 1. The topological polar surface area (TPSA) is 32.3 Å². The van der Waals surface area contributed by atoms with Crippen molar-refractivity contribution in [3.8, 4) is 11.1 Å². The molecular formula is C25H28N2OS. The number of carbonyl (C=O) groups is 1. The molecule has 0 radical (unpaired) electrons. The predicted molar refractivity (Wildman–Crippen MR) is 121 cm³/mol. The Morgan fingerprint density at radius 1 is 0.931 bits per heavy atom. The molecule has 1 saturated heterocycles. The fraction of sp³-hybridized carbons (Fsp3) is 0.320. The lowest BCUT2D eigenvalue weighted by Gasteiger charge is -2.34. The zero-order chi connectivity index (χ0) is 19.9. The first-order chi connectivity index (χ1) is 14.3. The lowest BCUT2D eigenvalue weighted by Crippen LogP contribution is -2.40. The first kappa shape index (κ1) is 19.9. The van der Waals surface area contributed by atoms with E-state index in [2.05, 4.69) is 63.4 Å². The van der Waals surface area contributed by atoms with Crippen molar-refractivity contribution >= 4 is 17.2 Å². The van der Waals surface area contributed by atoms with E-state index in [0.717, 1.165) is 18.7 Å². The number of hydrogen-bond acceptors (Lipinski definition) is 3. The summed E-state index contributed by atoms with van der Waals surface area (Å²) < 4.78 is 0. The Kier molecular flexibility index (Phi) is 6.75. The van der Waals surface area contributed by atoms with Crippen molar-refractivity contribution in [2.24, 2.45) is 0 Å². The molecule has 2 heterocycles. The molecule has 4 rings (SSSR count). The van der Waals surface area contributed by atoms with E-state index in [0.29, 0.717) is 13.0 Å². The molecule has 0 saturated carbocycles. The van der Waals surface area contributed by atoms with E-state index in [1.807, 2.05) is 18.2 Å². The van der Waals surface area contributed by atoms with Crippen LogP contribution in [0.4, 0.5) is 0 Å². The van der Waals surface area contributed by atoms with Crippen LogP contribution in [-0.2, 0) is 11.2 Å². The second kappa shape index (κ2) is 9.86. The molecule has 1 aromatic heterocycles. The van der Waals surface area contributed by atoms with Gasteiger partial charge in [-0.25, -0.2) is 0 Å². The van der Waals surface area contributed by atoms with Gasteiger partial charge in [0, 0.05) is 6.54 Å². The number of rotatable bonds is 7. The summed E-state index contributed by atoms with van der Waals surface area (Å²) in [5, 5.41) is 7.53. The van der Waals surface area contributed by atoms with Crippen molar-refractivity contribution in [2.45, 2.75) is 31.7 Å². The van der Waals surface area contributed by atoms with Crippen LogP contribution in [0.2, 0.25) is 0 Å². The molecular weight excluding hydrogens is 376 g/mol. The van der Waals surface area contributed by atoms with Gasteiger partial charge in [0.05, 0.1) is 12.5 Å². The van der Waals surface area contributed by atoms with Gasteiger partial charge in [0.2, 0.25) is 5.91 Å². The molecule has 1 amide bonds. The zero-order valence-electron chi connectivity index (χ0n) is 16.7. The van der Waals surface area contributed by atoms with E-state index >= 15 is 0 Å². The molecule has 29 heavy (non-hydrogen) atoms. The van der Waals surface area contributed by atoms with Gasteiger partial charge in [0.15, 0.2) is 0 Å². The number of thiophene rings is 1. The van der Waals surface area contributed by atoms with Crippen molar-refractivity contribution in [2.75, 3.05) is 19.6 Å². The van der Waals surface area contributed by atoms with Gasteiger partial charge in [0.25, 0.3) is 0 Å². The number of likely N-dealkylation sites (tertiary alicyclic amines) is 1. The highest BCUT2D eigenvalue weighted by Crippen LogP contribution is 2.26. The Bertz CT molecular complexity index is 884. The summed E-state index contributed by atoms with van der Waals surface area (Å²) in [7, 11) is 0. The van der Waals surface area contributed by atoms with Crippen LogP contribution >= 0.6 is 11.3 Å². The Morgan fingerprint density at radius 3 is 2.34 bits per heavy atom. The maximum absolute atomic E-state index is 12.6. The van der Waals surface area contributed by atoms with E-state index in [-0.39, 0.29) is 11.9 Å². The molecule has 1 aliphatic rings. The van der Waals surface area contributed by atoms with Crippen LogP contribution in [0.1, 0.15) is 36.4 Å². The largest absolute Gasteiger partial charge is 0.354 e. The van der Waals surface area contributed by atoms with Crippen molar-refractivity contribution < 1.29 is 4.79 Å². The lowest BCUT2D eigenvalue weighted by molar-refractivity contribution is -0.120. The first-order valence-corrected chi connectivity index (χ1v) is 11.4. The van der Waals surface area contributed by atoms with E-state index in [1.54, 1.807) is 11.3 Å². The third-order valence-corrected chi connectivity index (χ3v) is 6.38. The van der Waals surface area contributed by atoms with E-state index in [4.69, 9.17) is 0 Å². The second-order valence-corrected chi connectivity index (χ2v) is 8.49. The van der Waals surface area contributed by atoms with Crippen LogP contribution < -0.4 is 5.32 Å². The molecule has 3 nitrogen and oxygen atoms in total.